The Kier molecular flexibility index (Phi) is 6.47. The van der Waals surface area contributed by atoms with Crippen LogP contribution in [0.3, 0.4) is 0 Å². The maximum Gasteiger partial charge on any atom is 0.180 e. The Balaban J connectivity index is 1.56. The van der Waals surface area contributed by atoms with Crippen molar-refractivity contribution in [3.63, 3.8) is 0 Å². The number of nitrogens with zero attached hydrogens (tertiary/aromatic N) is 6. The predicted molar refractivity (Wildman–Crippen MR) is 120 cm³/mol. The highest BCUT2D eigenvalue weighted by Crippen LogP contribution is 2.30. The lowest BCUT2D eigenvalue weighted by Crippen LogP contribution is -2.16. The SMILES string of the molecule is CC(C)CC(CCN)c1ncnn1Cc1ccc(-c2ccccc2-c2nnn[nH]2)cc1. The zero-order valence-corrected chi connectivity index (χ0v) is 17.9. The van der Waals surface area contributed by atoms with Crippen molar-refractivity contribution in [2.24, 2.45) is 11.7 Å². The Labute approximate surface area is 181 Å². The van der Waals surface area contributed by atoms with Crippen LogP contribution in [0.2, 0.25) is 0 Å². The number of nitrogens with one attached hydrogen (secondary N) is 1. The van der Waals surface area contributed by atoms with E-state index in [1.807, 2.05) is 22.9 Å². The van der Waals surface area contributed by atoms with Crippen LogP contribution >= 0.6 is 0 Å². The number of hydrogen-bond acceptors (Lipinski definition) is 6. The summed E-state index contributed by atoms with van der Waals surface area (Å²) in [5.41, 5.74) is 10.2. The first-order valence-corrected chi connectivity index (χ1v) is 10.7. The number of tetrazole rings is 1. The molecule has 0 aliphatic carbocycles. The Morgan fingerprint density at radius 2 is 1.81 bits per heavy atom. The number of benzene rings is 2. The van der Waals surface area contributed by atoms with Gasteiger partial charge in [-0.25, -0.2) is 14.8 Å². The number of hydrogen-bond donors (Lipinski definition) is 2. The third-order valence-electron chi connectivity index (χ3n) is 5.41. The van der Waals surface area contributed by atoms with Gasteiger partial charge in [0.05, 0.1) is 6.54 Å². The molecule has 0 aliphatic rings. The molecule has 1 unspecified atom stereocenters. The van der Waals surface area contributed by atoms with Crippen molar-refractivity contribution in [3.05, 3.63) is 66.2 Å². The van der Waals surface area contributed by atoms with Gasteiger partial charge in [-0.1, -0.05) is 62.4 Å². The van der Waals surface area contributed by atoms with Crippen molar-refractivity contribution < 1.29 is 0 Å². The van der Waals surface area contributed by atoms with Crippen molar-refractivity contribution in [1.82, 2.24) is 35.4 Å². The number of rotatable bonds is 9. The van der Waals surface area contributed by atoms with Gasteiger partial charge in [0, 0.05) is 11.5 Å². The summed E-state index contributed by atoms with van der Waals surface area (Å²) in [4.78, 5) is 4.56. The van der Waals surface area contributed by atoms with E-state index < -0.39 is 0 Å². The molecule has 3 N–H and O–H groups in total. The summed E-state index contributed by atoms with van der Waals surface area (Å²) in [5.74, 6) is 2.59. The topological polar surface area (TPSA) is 111 Å². The van der Waals surface area contributed by atoms with Gasteiger partial charge in [-0.15, -0.1) is 5.10 Å². The van der Waals surface area contributed by atoms with Crippen molar-refractivity contribution in [2.75, 3.05) is 6.54 Å². The summed E-state index contributed by atoms with van der Waals surface area (Å²) < 4.78 is 2.01. The van der Waals surface area contributed by atoms with E-state index in [2.05, 4.69) is 74.9 Å². The standard InChI is InChI=1S/C23H28N8/c1-16(2)13-19(11-12-24)23-25-15-26-31(23)14-17-7-9-18(10-8-17)20-5-3-4-6-21(20)22-27-29-30-28-22/h3-10,15-16,19H,11-14,24H2,1-2H3,(H,27,28,29,30). The molecule has 0 amide bonds. The van der Waals surface area contributed by atoms with Crippen molar-refractivity contribution in [1.29, 1.82) is 0 Å². The summed E-state index contributed by atoms with van der Waals surface area (Å²) in [6, 6.07) is 16.6. The van der Waals surface area contributed by atoms with Gasteiger partial charge in [0.15, 0.2) is 5.82 Å². The molecule has 0 bridgehead atoms. The predicted octanol–water partition coefficient (Wildman–Crippen LogP) is 3.65. The molecule has 0 fully saturated rings. The first kappa shape index (κ1) is 20.9. The molecule has 0 spiro atoms. The van der Waals surface area contributed by atoms with E-state index in [4.69, 9.17) is 5.73 Å². The quantitative estimate of drug-likeness (QED) is 0.431. The number of aromatic amines is 1. The molecule has 4 rings (SSSR count). The summed E-state index contributed by atoms with van der Waals surface area (Å²) in [7, 11) is 0. The van der Waals surface area contributed by atoms with E-state index in [-0.39, 0.29) is 0 Å². The Hall–Kier alpha value is -3.39. The first-order valence-electron chi connectivity index (χ1n) is 10.7. The van der Waals surface area contributed by atoms with Crippen LogP contribution < -0.4 is 5.73 Å². The van der Waals surface area contributed by atoms with E-state index in [1.54, 1.807) is 6.33 Å². The highest BCUT2D eigenvalue weighted by molar-refractivity contribution is 5.80. The maximum atomic E-state index is 5.86. The molecule has 0 aliphatic heterocycles. The van der Waals surface area contributed by atoms with E-state index in [1.165, 1.54) is 5.56 Å². The molecule has 8 heteroatoms. The second-order valence-electron chi connectivity index (χ2n) is 8.17. The molecule has 0 saturated carbocycles. The fourth-order valence-electron chi connectivity index (χ4n) is 4.01. The largest absolute Gasteiger partial charge is 0.330 e. The molecule has 8 nitrogen and oxygen atoms in total. The molecule has 0 saturated heterocycles. The highest BCUT2D eigenvalue weighted by atomic mass is 15.5. The average molecular weight is 417 g/mol. The number of nitrogens with two attached hydrogens (primary N) is 1. The van der Waals surface area contributed by atoms with Gasteiger partial charge >= 0.3 is 0 Å². The van der Waals surface area contributed by atoms with Crippen molar-refractivity contribution in [3.8, 4) is 22.5 Å². The van der Waals surface area contributed by atoms with Crippen LogP contribution in [-0.4, -0.2) is 41.9 Å². The first-order chi connectivity index (χ1) is 15.2. The molecule has 2 aromatic heterocycles. The molecule has 31 heavy (non-hydrogen) atoms. The van der Waals surface area contributed by atoms with Crippen LogP contribution in [0.15, 0.2) is 54.9 Å². The van der Waals surface area contributed by atoms with E-state index in [0.29, 0.717) is 30.7 Å². The van der Waals surface area contributed by atoms with Gasteiger partial charge < -0.3 is 5.73 Å². The lowest BCUT2D eigenvalue weighted by Gasteiger charge is -2.18. The summed E-state index contributed by atoms with van der Waals surface area (Å²) in [5, 5.41) is 18.8. The minimum absolute atomic E-state index is 0.328. The second-order valence-corrected chi connectivity index (χ2v) is 8.17. The molecule has 4 aromatic rings. The lowest BCUT2D eigenvalue weighted by molar-refractivity contribution is 0.443. The third-order valence-corrected chi connectivity index (χ3v) is 5.41. The minimum Gasteiger partial charge on any atom is -0.330 e. The zero-order valence-electron chi connectivity index (χ0n) is 17.9. The molecular weight excluding hydrogens is 388 g/mol. The van der Waals surface area contributed by atoms with Crippen molar-refractivity contribution in [2.45, 2.75) is 39.2 Å². The van der Waals surface area contributed by atoms with E-state index in [0.717, 1.165) is 35.4 Å². The Morgan fingerprint density at radius 3 is 2.48 bits per heavy atom. The van der Waals surface area contributed by atoms with Crippen LogP contribution in [0.25, 0.3) is 22.5 Å². The fraction of sp³-hybridized carbons (Fsp3) is 0.348. The van der Waals surface area contributed by atoms with Crippen LogP contribution in [0.4, 0.5) is 0 Å². The van der Waals surface area contributed by atoms with Gasteiger partial charge in [0.25, 0.3) is 0 Å². The monoisotopic (exact) mass is 416 g/mol. The summed E-state index contributed by atoms with van der Waals surface area (Å²) in [6.07, 6.45) is 3.63. The zero-order chi connectivity index (χ0) is 21.6. The van der Waals surface area contributed by atoms with Gasteiger partial charge in [0.2, 0.25) is 0 Å². The average Bonchev–Trinajstić information content (AvgIpc) is 3.46. The van der Waals surface area contributed by atoms with Gasteiger partial charge in [-0.2, -0.15) is 5.10 Å². The molecule has 1 atom stereocenters. The fourth-order valence-corrected chi connectivity index (χ4v) is 4.01. The maximum absolute atomic E-state index is 5.86. The number of aromatic nitrogens is 7. The van der Waals surface area contributed by atoms with E-state index >= 15 is 0 Å². The van der Waals surface area contributed by atoms with Gasteiger partial charge in [-0.05, 0) is 52.4 Å². The van der Waals surface area contributed by atoms with Crippen LogP contribution in [0, 0.1) is 5.92 Å². The molecule has 2 heterocycles. The molecule has 160 valence electrons. The van der Waals surface area contributed by atoms with Crippen LogP contribution in [-0.2, 0) is 6.54 Å². The Bertz CT molecular complexity index is 1080. The normalized spacial score (nSPS) is 12.4. The Morgan fingerprint density at radius 1 is 1.03 bits per heavy atom. The van der Waals surface area contributed by atoms with Crippen molar-refractivity contribution >= 4 is 0 Å². The highest BCUT2D eigenvalue weighted by Gasteiger charge is 2.19. The second kappa shape index (κ2) is 9.61. The van der Waals surface area contributed by atoms with Crippen LogP contribution in [0.5, 0.6) is 0 Å². The van der Waals surface area contributed by atoms with Gasteiger partial charge in [-0.3, -0.25) is 0 Å². The minimum atomic E-state index is 0.328. The number of H-pyrrole nitrogens is 1. The molecule has 2 aromatic carbocycles. The third kappa shape index (κ3) is 4.86. The lowest BCUT2D eigenvalue weighted by atomic mass is 9.93. The smallest absolute Gasteiger partial charge is 0.180 e. The van der Waals surface area contributed by atoms with E-state index in [9.17, 15) is 0 Å². The van der Waals surface area contributed by atoms with Crippen LogP contribution in [0.1, 0.15) is 44.0 Å². The molecular formula is C23H28N8. The summed E-state index contributed by atoms with van der Waals surface area (Å²) in [6.45, 7) is 5.80. The van der Waals surface area contributed by atoms with Gasteiger partial charge in [0.1, 0.15) is 12.2 Å². The summed E-state index contributed by atoms with van der Waals surface area (Å²) >= 11 is 0. The molecule has 0 radical (unpaired) electrons.